The molecule has 0 aliphatic carbocycles. The fourth-order valence-corrected chi connectivity index (χ4v) is 3.24. The minimum absolute atomic E-state index is 0.0592. The van der Waals surface area contributed by atoms with Crippen LogP contribution in [0, 0.1) is 0 Å². The Labute approximate surface area is 175 Å². The lowest BCUT2D eigenvalue weighted by Gasteiger charge is -2.23. The van der Waals surface area contributed by atoms with Crippen LogP contribution in [0.4, 0.5) is 0 Å². The third-order valence-corrected chi connectivity index (χ3v) is 4.88. The summed E-state index contributed by atoms with van der Waals surface area (Å²) in [5.74, 6) is 7.36. The van der Waals surface area contributed by atoms with Gasteiger partial charge in [-0.3, -0.25) is 4.98 Å². The first-order valence-corrected chi connectivity index (χ1v) is 9.77. The van der Waals surface area contributed by atoms with Crippen LogP contribution in [0.2, 0.25) is 0 Å². The zero-order chi connectivity index (χ0) is 20.9. The lowest BCUT2D eigenvalue weighted by Crippen LogP contribution is -2.23. The summed E-state index contributed by atoms with van der Waals surface area (Å²) in [7, 11) is 0. The van der Waals surface area contributed by atoms with Gasteiger partial charge in [0.05, 0.1) is 23.7 Å². The van der Waals surface area contributed by atoms with E-state index in [9.17, 15) is 0 Å². The predicted octanol–water partition coefficient (Wildman–Crippen LogP) is 4.11. The van der Waals surface area contributed by atoms with Crippen LogP contribution in [0.25, 0.3) is 28.3 Å². The summed E-state index contributed by atoms with van der Waals surface area (Å²) in [4.78, 5) is 17.5. The SMILES string of the molecule is C/C(=C\C=C1\OCCOC1C)c1nc(-c2ccc(ON)cc2)[nH]c1-c1ccccn1. The van der Waals surface area contributed by atoms with Crippen molar-refractivity contribution in [3.63, 3.8) is 0 Å². The van der Waals surface area contributed by atoms with E-state index < -0.39 is 0 Å². The third-order valence-electron chi connectivity index (χ3n) is 4.88. The summed E-state index contributed by atoms with van der Waals surface area (Å²) >= 11 is 0. The van der Waals surface area contributed by atoms with Crippen LogP contribution < -0.4 is 10.7 Å². The predicted molar refractivity (Wildman–Crippen MR) is 115 cm³/mol. The van der Waals surface area contributed by atoms with Crippen molar-refractivity contribution in [3.05, 3.63) is 72.3 Å². The fourth-order valence-electron chi connectivity index (χ4n) is 3.24. The van der Waals surface area contributed by atoms with Gasteiger partial charge in [0.25, 0.3) is 0 Å². The van der Waals surface area contributed by atoms with Gasteiger partial charge in [0.2, 0.25) is 0 Å². The molecule has 3 heterocycles. The molecule has 0 bridgehead atoms. The van der Waals surface area contributed by atoms with E-state index in [4.69, 9.17) is 25.2 Å². The van der Waals surface area contributed by atoms with Crippen LogP contribution >= 0.6 is 0 Å². The van der Waals surface area contributed by atoms with E-state index in [0.29, 0.717) is 19.0 Å². The maximum Gasteiger partial charge on any atom is 0.146 e. The van der Waals surface area contributed by atoms with Crippen LogP contribution in [-0.2, 0) is 9.47 Å². The highest BCUT2D eigenvalue weighted by Crippen LogP contribution is 2.30. The second-order valence-corrected chi connectivity index (χ2v) is 6.95. The van der Waals surface area contributed by atoms with E-state index in [-0.39, 0.29) is 6.10 Å². The molecule has 1 aromatic carbocycles. The van der Waals surface area contributed by atoms with Gasteiger partial charge in [-0.1, -0.05) is 12.1 Å². The second kappa shape index (κ2) is 8.94. The summed E-state index contributed by atoms with van der Waals surface area (Å²) in [6, 6.07) is 13.2. The van der Waals surface area contributed by atoms with Crippen molar-refractivity contribution >= 4 is 5.57 Å². The average molecular weight is 404 g/mol. The Morgan fingerprint density at radius 3 is 2.73 bits per heavy atom. The molecule has 1 saturated heterocycles. The van der Waals surface area contributed by atoms with Crippen molar-refractivity contribution in [2.24, 2.45) is 5.90 Å². The first kappa shape index (κ1) is 19.9. The molecule has 30 heavy (non-hydrogen) atoms. The minimum Gasteiger partial charge on any atom is -0.493 e. The fraction of sp³-hybridized carbons (Fsp3) is 0.217. The molecule has 7 nitrogen and oxygen atoms in total. The van der Waals surface area contributed by atoms with Gasteiger partial charge in [0, 0.05) is 11.8 Å². The van der Waals surface area contributed by atoms with Crippen LogP contribution in [-0.4, -0.2) is 34.3 Å². The smallest absolute Gasteiger partial charge is 0.146 e. The number of pyridine rings is 1. The van der Waals surface area contributed by atoms with Crippen LogP contribution in [0.1, 0.15) is 19.5 Å². The molecular weight excluding hydrogens is 380 g/mol. The highest BCUT2D eigenvalue weighted by atomic mass is 16.6. The van der Waals surface area contributed by atoms with Crippen molar-refractivity contribution in [1.82, 2.24) is 15.0 Å². The Hall–Kier alpha value is -3.42. The van der Waals surface area contributed by atoms with Gasteiger partial charge >= 0.3 is 0 Å². The zero-order valence-electron chi connectivity index (χ0n) is 17.0. The molecule has 1 atom stereocenters. The van der Waals surface area contributed by atoms with Crippen molar-refractivity contribution < 1.29 is 14.3 Å². The Bertz CT molecular complexity index is 1060. The van der Waals surface area contributed by atoms with Gasteiger partial charge in [0.15, 0.2) is 0 Å². The van der Waals surface area contributed by atoms with Gasteiger partial charge in [-0.25, -0.2) is 4.98 Å². The van der Waals surface area contributed by atoms with Gasteiger partial charge in [-0.2, -0.15) is 5.90 Å². The molecular formula is C23H24N4O3. The number of aromatic amines is 1. The van der Waals surface area contributed by atoms with E-state index in [1.807, 2.05) is 56.3 Å². The Balaban J connectivity index is 1.74. The number of rotatable bonds is 5. The molecule has 2 aromatic heterocycles. The molecule has 1 aliphatic rings. The molecule has 0 saturated carbocycles. The topological polar surface area (TPSA) is 95.3 Å². The standard InChI is InChI=1S/C23H24N4O3/c1-15(6-11-20-16(2)28-13-14-29-20)21-22(19-5-3-4-12-25-19)27-23(26-21)17-7-9-18(30-24)10-8-17/h3-12,16H,13-14,24H2,1-2H3,(H,26,27)/b15-6+,20-11+. The maximum atomic E-state index is 5.72. The Morgan fingerprint density at radius 1 is 1.20 bits per heavy atom. The molecule has 3 aromatic rings. The molecule has 4 rings (SSSR count). The second-order valence-electron chi connectivity index (χ2n) is 6.95. The first-order valence-electron chi connectivity index (χ1n) is 9.77. The van der Waals surface area contributed by atoms with Gasteiger partial charge < -0.3 is 19.3 Å². The molecule has 154 valence electrons. The number of allylic oxidation sites excluding steroid dienone is 3. The van der Waals surface area contributed by atoms with E-state index in [1.54, 1.807) is 18.3 Å². The average Bonchev–Trinajstić information content (AvgIpc) is 3.25. The number of nitrogens with zero attached hydrogens (tertiary/aromatic N) is 2. The monoisotopic (exact) mass is 404 g/mol. The lowest BCUT2D eigenvalue weighted by atomic mass is 10.1. The Kier molecular flexibility index (Phi) is 5.92. The van der Waals surface area contributed by atoms with E-state index in [2.05, 4.69) is 9.97 Å². The largest absolute Gasteiger partial charge is 0.493 e. The zero-order valence-corrected chi connectivity index (χ0v) is 17.0. The van der Waals surface area contributed by atoms with Crippen molar-refractivity contribution in [2.45, 2.75) is 20.0 Å². The summed E-state index contributed by atoms with van der Waals surface area (Å²) in [6.45, 7) is 5.18. The van der Waals surface area contributed by atoms with E-state index >= 15 is 0 Å². The molecule has 0 radical (unpaired) electrons. The van der Waals surface area contributed by atoms with E-state index in [0.717, 1.165) is 39.8 Å². The quantitative estimate of drug-likeness (QED) is 0.621. The molecule has 0 spiro atoms. The third kappa shape index (κ3) is 4.27. The summed E-state index contributed by atoms with van der Waals surface area (Å²) < 4.78 is 11.3. The molecule has 3 N–H and O–H groups in total. The number of aromatic nitrogens is 3. The van der Waals surface area contributed by atoms with Crippen molar-refractivity contribution in [3.8, 4) is 28.5 Å². The number of imidazole rings is 1. The highest BCUT2D eigenvalue weighted by Gasteiger charge is 2.17. The van der Waals surface area contributed by atoms with Crippen molar-refractivity contribution in [1.29, 1.82) is 0 Å². The summed E-state index contributed by atoms with van der Waals surface area (Å²) in [6.07, 6.45) is 5.65. The van der Waals surface area contributed by atoms with Crippen LogP contribution in [0.5, 0.6) is 5.75 Å². The Morgan fingerprint density at radius 2 is 2.03 bits per heavy atom. The number of nitrogens with one attached hydrogen (secondary N) is 1. The van der Waals surface area contributed by atoms with Crippen molar-refractivity contribution in [2.75, 3.05) is 13.2 Å². The van der Waals surface area contributed by atoms with Gasteiger partial charge in [0.1, 0.15) is 30.0 Å². The lowest BCUT2D eigenvalue weighted by molar-refractivity contribution is -0.0335. The summed E-state index contributed by atoms with van der Waals surface area (Å²) in [5.41, 5.74) is 4.39. The number of hydrogen-bond acceptors (Lipinski definition) is 6. The first-order chi connectivity index (χ1) is 14.7. The molecule has 0 amide bonds. The van der Waals surface area contributed by atoms with Gasteiger partial charge in [-0.05, 0) is 61.9 Å². The molecule has 7 heteroatoms. The number of ether oxygens (including phenoxy) is 2. The van der Waals surface area contributed by atoms with Gasteiger partial charge in [-0.15, -0.1) is 0 Å². The molecule has 1 aliphatic heterocycles. The number of hydrogen-bond donors (Lipinski definition) is 2. The molecule has 1 fully saturated rings. The highest BCUT2D eigenvalue weighted by molar-refractivity contribution is 5.78. The van der Waals surface area contributed by atoms with E-state index in [1.165, 1.54) is 0 Å². The normalized spacial score (nSPS) is 18.3. The summed E-state index contributed by atoms with van der Waals surface area (Å²) in [5, 5.41) is 0. The maximum absolute atomic E-state index is 5.72. The van der Waals surface area contributed by atoms with Crippen LogP contribution in [0.3, 0.4) is 0 Å². The van der Waals surface area contributed by atoms with Crippen LogP contribution in [0.15, 0.2) is 66.6 Å². The number of nitrogens with two attached hydrogens (primary N) is 1. The number of benzene rings is 1. The molecule has 1 unspecified atom stereocenters. The number of H-pyrrole nitrogens is 1. The minimum atomic E-state index is -0.0592.